The Morgan fingerprint density at radius 1 is 1.35 bits per heavy atom. The Morgan fingerprint density at radius 3 is 2.91 bits per heavy atom. The standard InChI is InChI=1S/C17H19N3O2S/c21-17(19-15-10-20-7-4-12(15)5-8-20)22-16-9-13(11-23-16)14-3-1-2-6-18-14/h1-3,6,9,11-12,15H,4-5,7-8,10H2,(H,19,21)/t15-/m0/s1. The van der Waals surface area contributed by atoms with Crippen LogP contribution in [0.15, 0.2) is 35.8 Å². The molecule has 1 atom stereocenters. The lowest BCUT2D eigenvalue weighted by molar-refractivity contribution is 0.0726. The van der Waals surface area contributed by atoms with Crippen molar-refractivity contribution < 1.29 is 9.53 Å². The predicted octanol–water partition coefficient (Wildman–Crippen LogP) is 2.99. The lowest BCUT2D eigenvalue weighted by Gasteiger charge is -2.44. The van der Waals surface area contributed by atoms with Gasteiger partial charge in [0.05, 0.1) is 5.69 Å². The number of nitrogens with one attached hydrogen (secondary N) is 1. The number of piperidine rings is 3. The van der Waals surface area contributed by atoms with Crippen LogP contribution >= 0.6 is 11.3 Å². The topological polar surface area (TPSA) is 54.5 Å². The Balaban J connectivity index is 1.37. The molecule has 2 aromatic heterocycles. The Kier molecular flexibility index (Phi) is 4.01. The van der Waals surface area contributed by atoms with Gasteiger partial charge in [-0.2, -0.15) is 0 Å². The predicted molar refractivity (Wildman–Crippen MR) is 89.7 cm³/mol. The van der Waals surface area contributed by atoms with Crippen molar-refractivity contribution in [2.75, 3.05) is 19.6 Å². The van der Waals surface area contributed by atoms with Gasteiger partial charge in [-0.1, -0.05) is 6.07 Å². The molecule has 1 amide bonds. The van der Waals surface area contributed by atoms with E-state index in [1.807, 2.05) is 29.6 Å². The Bertz CT molecular complexity index is 680. The van der Waals surface area contributed by atoms with E-state index in [-0.39, 0.29) is 12.1 Å². The summed E-state index contributed by atoms with van der Waals surface area (Å²) in [5, 5.41) is 5.59. The maximum Gasteiger partial charge on any atom is 0.413 e. The Labute approximate surface area is 139 Å². The van der Waals surface area contributed by atoms with Crippen LogP contribution in [0, 0.1) is 5.92 Å². The van der Waals surface area contributed by atoms with Gasteiger partial charge in [-0.15, -0.1) is 11.3 Å². The maximum atomic E-state index is 12.1. The summed E-state index contributed by atoms with van der Waals surface area (Å²) in [5.41, 5.74) is 1.86. The molecule has 3 fully saturated rings. The number of hydrogen-bond acceptors (Lipinski definition) is 5. The first-order chi connectivity index (χ1) is 11.3. The Hall–Kier alpha value is -1.92. The van der Waals surface area contributed by atoms with Gasteiger partial charge in [0.1, 0.15) is 0 Å². The molecule has 0 radical (unpaired) electrons. The average molecular weight is 329 g/mol. The van der Waals surface area contributed by atoms with E-state index >= 15 is 0 Å². The summed E-state index contributed by atoms with van der Waals surface area (Å²) in [4.78, 5) is 18.9. The number of carbonyl (C=O) groups excluding carboxylic acids is 1. The van der Waals surface area contributed by atoms with Crippen LogP contribution in [-0.2, 0) is 0 Å². The molecule has 3 aliphatic heterocycles. The van der Waals surface area contributed by atoms with Gasteiger partial charge in [-0.05, 0) is 44.0 Å². The SMILES string of the molecule is O=C(N[C@H]1CN2CCC1CC2)Oc1cc(-c2ccccn2)cs1. The molecule has 0 spiro atoms. The molecule has 5 heterocycles. The van der Waals surface area contributed by atoms with Gasteiger partial charge in [-0.25, -0.2) is 4.79 Å². The van der Waals surface area contributed by atoms with Crippen molar-refractivity contribution in [3.8, 4) is 16.3 Å². The molecule has 3 saturated heterocycles. The second-order valence-electron chi connectivity index (χ2n) is 6.15. The molecule has 2 aromatic rings. The van der Waals surface area contributed by atoms with Crippen LogP contribution in [0.3, 0.4) is 0 Å². The van der Waals surface area contributed by atoms with E-state index < -0.39 is 0 Å². The van der Waals surface area contributed by atoms with Gasteiger partial charge < -0.3 is 15.0 Å². The van der Waals surface area contributed by atoms with Gasteiger partial charge in [-0.3, -0.25) is 4.98 Å². The number of pyridine rings is 1. The summed E-state index contributed by atoms with van der Waals surface area (Å²) in [6, 6.07) is 7.86. The van der Waals surface area contributed by atoms with E-state index in [0.717, 1.165) is 30.9 Å². The van der Waals surface area contributed by atoms with Crippen LogP contribution in [0.2, 0.25) is 0 Å². The largest absolute Gasteiger partial charge is 0.413 e. The second kappa shape index (κ2) is 6.29. The molecule has 0 aromatic carbocycles. The highest BCUT2D eigenvalue weighted by Crippen LogP contribution is 2.30. The molecular formula is C17H19N3O2S. The number of fused-ring (bicyclic) bond motifs is 3. The van der Waals surface area contributed by atoms with E-state index in [9.17, 15) is 4.79 Å². The first-order valence-electron chi connectivity index (χ1n) is 7.98. The molecule has 2 bridgehead atoms. The van der Waals surface area contributed by atoms with Crippen LogP contribution in [0.1, 0.15) is 12.8 Å². The second-order valence-corrected chi connectivity index (χ2v) is 7.02. The summed E-state index contributed by atoms with van der Waals surface area (Å²) >= 11 is 1.42. The van der Waals surface area contributed by atoms with E-state index in [1.165, 1.54) is 24.2 Å². The minimum Gasteiger partial charge on any atom is -0.399 e. The van der Waals surface area contributed by atoms with Gasteiger partial charge in [0.25, 0.3) is 0 Å². The molecule has 5 nitrogen and oxygen atoms in total. The van der Waals surface area contributed by atoms with Gasteiger partial charge in [0.2, 0.25) is 0 Å². The summed E-state index contributed by atoms with van der Waals surface area (Å²) in [7, 11) is 0. The average Bonchev–Trinajstić information content (AvgIpc) is 3.05. The van der Waals surface area contributed by atoms with Gasteiger partial charge in [0.15, 0.2) is 5.06 Å². The van der Waals surface area contributed by atoms with E-state index in [4.69, 9.17) is 4.74 Å². The van der Waals surface area contributed by atoms with E-state index in [0.29, 0.717) is 11.0 Å². The summed E-state index contributed by atoms with van der Waals surface area (Å²) < 4.78 is 5.45. The minimum atomic E-state index is -0.349. The Morgan fingerprint density at radius 2 is 2.22 bits per heavy atom. The zero-order valence-electron chi connectivity index (χ0n) is 12.8. The normalized spacial score (nSPS) is 26.0. The molecule has 0 saturated carbocycles. The molecule has 0 aliphatic carbocycles. The first kappa shape index (κ1) is 14.7. The van der Waals surface area contributed by atoms with Crippen LogP contribution in [0.5, 0.6) is 5.06 Å². The van der Waals surface area contributed by atoms with Crippen molar-refractivity contribution in [2.24, 2.45) is 5.92 Å². The minimum absolute atomic E-state index is 0.222. The first-order valence-corrected chi connectivity index (χ1v) is 8.86. The van der Waals surface area contributed by atoms with Gasteiger partial charge in [0, 0.05) is 35.8 Å². The van der Waals surface area contributed by atoms with Crippen molar-refractivity contribution in [2.45, 2.75) is 18.9 Å². The molecule has 0 unspecified atom stereocenters. The number of hydrogen-bond donors (Lipinski definition) is 1. The van der Waals surface area contributed by atoms with Crippen molar-refractivity contribution in [3.63, 3.8) is 0 Å². The number of nitrogens with zero attached hydrogens (tertiary/aromatic N) is 2. The van der Waals surface area contributed by atoms with Crippen molar-refractivity contribution in [1.82, 2.24) is 15.2 Å². The molecular weight excluding hydrogens is 310 g/mol. The highest BCUT2D eigenvalue weighted by molar-refractivity contribution is 7.12. The lowest BCUT2D eigenvalue weighted by atomic mass is 9.84. The molecule has 1 N–H and O–H groups in total. The summed E-state index contributed by atoms with van der Waals surface area (Å²) in [5.74, 6) is 0.597. The number of rotatable bonds is 3. The van der Waals surface area contributed by atoms with Crippen molar-refractivity contribution >= 4 is 17.4 Å². The summed E-state index contributed by atoms with van der Waals surface area (Å²) in [6.45, 7) is 3.27. The van der Waals surface area contributed by atoms with Crippen molar-refractivity contribution in [3.05, 3.63) is 35.8 Å². The number of ether oxygens (including phenoxy) is 1. The fraction of sp³-hybridized carbons (Fsp3) is 0.412. The van der Waals surface area contributed by atoms with Crippen LogP contribution in [0.4, 0.5) is 4.79 Å². The lowest BCUT2D eigenvalue weighted by Crippen LogP contribution is -2.57. The molecule has 3 aliphatic rings. The fourth-order valence-electron chi connectivity index (χ4n) is 3.44. The number of aromatic nitrogens is 1. The van der Waals surface area contributed by atoms with E-state index in [2.05, 4.69) is 15.2 Å². The highest BCUT2D eigenvalue weighted by Gasteiger charge is 2.35. The zero-order valence-corrected chi connectivity index (χ0v) is 13.6. The molecule has 5 rings (SSSR count). The smallest absolute Gasteiger partial charge is 0.399 e. The monoisotopic (exact) mass is 329 g/mol. The van der Waals surface area contributed by atoms with Crippen molar-refractivity contribution in [1.29, 1.82) is 0 Å². The fourth-order valence-corrected chi connectivity index (χ4v) is 4.19. The van der Waals surface area contributed by atoms with Crippen LogP contribution in [0.25, 0.3) is 11.3 Å². The zero-order chi connectivity index (χ0) is 15.6. The van der Waals surface area contributed by atoms with E-state index in [1.54, 1.807) is 6.20 Å². The third kappa shape index (κ3) is 3.23. The number of carbonyl (C=O) groups is 1. The van der Waals surface area contributed by atoms with Gasteiger partial charge >= 0.3 is 6.09 Å². The van der Waals surface area contributed by atoms with Crippen LogP contribution in [-0.4, -0.2) is 41.7 Å². The third-order valence-electron chi connectivity index (χ3n) is 4.69. The highest BCUT2D eigenvalue weighted by atomic mass is 32.1. The molecule has 23 heavy (non-hydrogen) atoms. The maximum absolute atomic E-state index is 12.1. The quantitative estimate of drug-likeness (QED) is 0.940. The van der Waals surface area contributed by atoms with Crippen LogP contribution < -0.4 is 10.1 Å². The third-order valence-corrected chi connectivity index (χ3v) is 5.49. The molecule has 6 heteroatoms. The molecule has 120 valence electrons. The summed E-state index contributed by atoms with van der Waals surface area (Å²) in [6.07, 6.45) is 3.76. The number of thiophene rings is 1. The number of amides is 1.